The zero-order valence-corrected chi connectivity index (χ0v) is 13.1. The largest absolute Gasteiger partial charge is 0.355 e. The van der Waals surface area contributed by atoms with Crippen LogP contribution in [0.3, 0.4) is 0 Å². The molecule has 0 spiro atoms. The Kier molecular flexibility index (Phi) is 3.83. The first-order chi connectivity index (χ1) is 11.3. The predicted molar refractivity (Wildman–Crippen MR) is 90.3 cm³/mol. The van der Waals surface area contributed by atoms with Gasteiger partial charge in [0.25, 0.3) is 0 Å². The maximum Gasteiger partial charge on any atom is 0.169 e. The van der Waals surface area contributed by atoms with Gasteiger partial charge >= 0.3 is 0 Å². The normalized spacial score (nSPS) is 20.4. The second-order valence-electron chi connectivity index (χ2n) is 6.50. The van der Waals surface area contributed by atoms with Crippen molar-refractivity contribution in [1.29, 1.82) is 0 Å². The Labute approximate surface area is 136 Å². The number of pyridine rings is 1. The maximum absolute atomic E-state index is 12.4. The second-order valence-corrected chi connectivity index (χ2v) is 6.50. The van der Waals surface area contributed by atoms with Crippen LogP contribution in [-0.4, -0.2) is 23.5 Å². The van der Waals surface area contributed by atoms with Gasteiger partial charge in [0.15, 0.2) is 5.78 Å². The molecule has 0 amide bonds. The van der Waals surface area contributed by atoms with Crippen molar-refractivity contribution in [2.24, 2.45) is 5.92 Å². The first-order valence-corrected chi connectivity index (χ1v) is 8.32. The van der Waals surface area contributed by atoms with E-state index in [1.807, 2.05) is 24.3 Å². The summed E-state index contributed by atoms with van der Waals surface area (Å²) in [7, 11) is 0. The SMILES string of the molecule is O=C1C[C@@H](NCc2ccccc2)N(CC2CC2)c2ccncc21. The monoisotopic (exact) mass is 307 g/mol. The highest BCUT2D eigenvalue weighted by Crippen LogP contribution is 2.36. The van der Waals surface area contributed by atoms with Crippen molar-refractivity contribution in [3.05, 3.63) is 59.9 Å². The second kappa shape index (κ2) is 6.13. The van der Waals surface area contributed by atoms with Gasteiger partial charge in [-0.05, 0) is 30.4 Å². The van der Waals surface area contributed by atoms with Crippen molar-refractivity contribution in [1.82, 2.24) is 10.3 Å². The molecule has 4 nitrogen and oxygen atoms in total. The standard InChI is InChI=1S/C19H21N3O/c23-18-10-19(21-11-14-4-2-1-3-5-14)22(13-15-6-7-15)17-8-9-20-12-16(17)18/h1-5,8-9,12,15,19,21H,6-7,10-11,13H2/t19-/m0/s1. The molecule has 0 unspecified atom stereocenters. The number of ketones is 1. The summed E-state index contributed by atoms with van der Waals surface area (Å²) in [6.45, 7) is 1.80. The number of Topliss-reactive ketones (excluding diaryl/α,β-unsaturated/α-hetero) is 1. The smallest absolute Gasteiger partial charge is 0.169 e. The summed E-state index contributed by atoms with van der Waals surface area (Å²) in [5.74, 6) is 0.955. The molecule has 1 N–H and O–H groups in total. The fraction of sp³-hybridized carbons (Fsp3) is 0.368. The van der Waals surface area contributed by atoms with E-state index in [1.165, 1.54) is 18.4 Å². The van der Waals surface area contributed by atoms with E-state index in [-0.39, 0.29) is 11.9 Å². The zero-order valence-electron chi connectivity index (χ0n) is 13.1. The molecule has 0 bridgehead atoms. The van der Waals surface area contributed by atoms with Crippen LogP contribution in [0.2, 0.25) is 0 Å². The van der Waals surface area contributed by atoms with Crippen molar-refractivity contribution in [2.75, 3.05) is 11.4 Å². The number of hydrogen-bond acceptors (Lipinski definition) is 4. The third kappa shape index (κ3) is 3.13. The van der Waals surface area contributed by atoms with E-state index in [2.05, 4.69) is 27.3 Å². The van der Waals surface area contributed by atoms with Gasteiger partial charge in [-0.1, -0.05) is 30.3 Å². The number of hydrogen-bond donors (Lipinski definition) is 1. The van der Waals surface area contributed by atoms with Crippen molar-refractivity contribution in [3.8, 4) is 0 Å². The number of carbonyl (C=O) groups excluding carboxylic acids is 1. The Morgan fingerprint density at radius 3 is 2.78 bits per heavy atom. The molecule has 1 aromatic carbocycles. The summed E-state index contributed by atoms with van der Waals surface area (Å²) < 4.78 is 0. The topological polar surface area (TPSA) is 45.2 Å². The molecule has 1 atom stereocenters. The summed E-state index contributed by atoms with van der Waals surface area (Å²) in [5, 5.41) is 3.58. The first kappa shape index (κ1) is 14.4. The zero-order chi connectivity index (χ0) is 15.6. The Hall–Kier alpha value is -2.20. The molecule has 1 aromatic heterocycles. The van der Waals surface area contributed by atoms with E-state index in [0.29, 0.717) is 6.42 Å². The molecule has 4 heteroatoms. The third-order valence-electron chi connectivity index (χ3n) is 4.70. The highest BCUT2D eigenvalue weighted by atomic mass is 16.1. The van der Waals surface area contributed by atoms with Crippen LogP contribution >= 0.6 is 0 Å². The fourth-order valence-electron chi connectivity index (χ4n) is 3.23. The lowest BCUT2D eigenvalue weighted by Crippen LogP contribution is -2.50. The van der Waals surface area contributed by atoms with Crippen LogP contribution in [0.5, 0.6) is 0 Å². The molecule has 1 saturated carbocycles. The molecule has 4 rings (SSSR count). The Balaban J connectivity index is 1.56. The Morgan fingerprint density at radius 2 is 2.00 bits per heavy atom. The van der Waals surface area contributed by atoms with Gasteiger partial charge in [-0.25, -0.2) is 0 Å². The molecular formula is C19H21N3O. The molecule has 1 fully saturated rings. The number of benzene rings is 1. The van der Waals surface area contributed by atoms with Gasteiger partial charge in [-0.2, -0.15) is 0 Å². The summed E-state index contributed by atoms with van der Waals surface area (Å²) >= 11 is 0. The van der Waals surface area contributed by atoms with E-state index in [0.717, 1.165) is 30.3 Å². The average Bonchev–Trinajstić information content (AvgIpc) is 3.41. The number of fused-ring (bicyclic) bond motifs is 1. The predicted octanol–water partition coefficient (Wildman–Crippen LogP) is 3.00. The van der Waals surface area contributed by atoms with E-state index in [9.17, 15) is 4.79 Å². The van der Waals surface area contributed by atoms with E-state index < -0.39 is 0 Å². The molecule has 118 valence electrons. The molecular weight excluding hydrogens is 286 g/mol. The molecule has 2 heterocycles. The number of nitrogens with zero attached hydrogens (tertiary/aromatic N) is 2. The Morgan fingerprint density at radius 1 is 1.17 bits per heavy atom. The lowest BCUT2D eigenvalue weighted by Gasteiger charge is -2.38. The number of carbonyl (C=O) groups is 1. The van der Waals surface area contributed by atoms with Crippen LogP contribution in [-0.2, 0) is 6.54 Å². The number of nitrogens with one attached hydrogen (secondary N) is 1. The van der Waals surface area contributed by atoms with Crippen LogP contribution in [0.25, 0.3) is 0 Å². The van der Waals surface area contributed by atoms with Crippen LogP contribution in [0, 0.1) is 5.92 Å². The summed E-state index contributed by atoms with van der Waals surface area (Å²) in [6.07, 6.45) is 6.68. The van der Waals surface area contributed by atoms with Crippen molar-refractivity contribution >= 4 is 11.5 Å². The fourth-order valence-corrected chi connectivity index (χ4v) is 3.23. The number of aromatic nitrogens is 1. The number of anilines is 1. The summed E-state index contributed by atoms with van der Waals surface area (Å²) in [5.41, 5.74) is 3.05. The van der Waals surface area contributed by atoms with Gasteiger partial charge in [0.2, 0.25) is 0 Å². The van der Waals surface area contributed by atoms with Gasteiger partial charge in [-0.3, -0.25) is 15.1 Å². The molecule has 1 aliphatic heterocycles. The summed E-state index contributed by atoms with van der Waals surface area (Å²) in [4.78, 5) is 18.9. The molecule has 0 saturated heterocycles. The van der Waals surface area contributed by atoms with Crippen molar-refractivity contribution in [3.63, 3.8) is 0 Å². The quantitative estimate of drug-likeness (QED) is 0.922. The van der Waals surface area contributed by atoms with Gasteiger partial charge in [0.1, 0.15) is 0 Å². The van der Waals surface area contributed by atoms with E-state index in [4.69, 9.17) is 0 Å². The molecule has 1 aliphatic carbocycles. The highest BCUT2D eigenvalue weighted by Gasteiger charge is 2.34. The average molecular weight is 307 g/mol. The van der Waals surface area contributed by atoms with Crippen molar-refractivity contribution in [2.45, 2.75) is 32.0 Å². The van der Waals surface area contributed by atoms with Crippen LogP contribution in [0.4, 0.5) is 5.69 Å². The van der Waals surface area contributed by atoms with Crippen LogP contribution in [0.15, 0.2) is 48.8 Å². The minimum Gasteiger partial charge on any atom is -0.355 e. The minimum absolute atomic E-state index is 0.0678. The third-order valence-corrected chi connectivity index (χ3v) is 4.70. The maximum atomic E-state index is 12.4. The van der Waals surface area contributed by atoms with Gasteiger partial charge in [0.05, 0.1) is 17.4 Å². The molecule has 2 aliphatic rings. The molecule has 23 heavy (non-hydrogen) atoms. The lowest BCUT2D eigenvalue weighted by atomic mass is 9.99. The highest BCUT2D eigenvalue weighted by molar-refractivity contribution is 6.03. The van der Waals surface area contributed by atoms with E-state index >= 15 is 0 Å². The Bertz CT molecular complexity index is 697. The van der Waals surface area contributed by atoms with Crippen LogP contribution < -0.4 is 10.2 Å². The van der Waals surface area contributed by atoms with Crippen LogP contribution in [0.1, 0.15) is 35.2 Å². The van der Waals surface area contributed by atoms with Gasteiger partial charge < -0.3 is 4.90 Å². The number of rotatable bonds is 5. The van der Waals surface area contributed by atoms with Gasteiger partial charge in [0, 0.05) is 31.9 Å². The van der Waals surface area contributed by atoms with Gasteiger partial charge in [-0.15, -0.1) is 0 Å². The first-order valence-electron chi connectivity index (χ1n) is 8.32. The molecule has 0 radical (unpaired) electrons. The molecule has 2 aromatic rings. The summed E-state index contributed by atoms with van der Waals surface area (Å²) in [6, 6.07) is 12.3. The van der Waals surface area contributed by atoms with Crippen molar-refractivity contribution < 1.29 is 4.79 Å². The minimum atomic E-state index is 0.0678. The van der Waals surface area contributed by atoms with E-state index in [1.54, 1.807) is 12.4 Å². The lowest BCUT2D eigenvalue weighted by molar-refractivity contribution is 0.0958.